The van der Waals surface area contributed by atoms with E-state index in [0.29, 0.717) is 18.2 Å². The quantitative estimate of drug-likeness (QED) is 0.303. The van der Waals surface area contributed by atoms with Crippen molar-refractivity contribution in [2.75, 3.05) is 20.8 Å². The van der Waals surface area contributed by atoms with Crippen molar-refractivity contribution in [3.05, 3.63) is 43.0 Å². The molecule has 0 fully saturated rings. The third-order valence-electron chi connectivity index (χ3n) is 2.68. The molecular formula is C14H20O5Si. The molecule has 110 valence electrons. The molecule has 6 heteroatoms. The molecule has 0 aliphatic carbocycles. The Hall–Kier alpha value is -1.63. The van der Waals surface area contributed by atoms with Gasteiger partial charge in [-0.25, -0.2) is 4.79 Å². The van der Waals surface area contributed by atoms with Crippen molar-refractivity contribution in [1.29, 1.82) is 0 Å². The van der Waals surface area contributed by atoms with Gasteiger partial charge in [-0.2, -0.15) is 0 Å². The summed E-state index contributed by atoms with van der Waals surface area (Å²) in [5.41, 5.74) is 0. The van der Waals surface area contributed by atoms with Gasteiger partial charge in [0.2, 0.25) is 0 Å². The number of hydrogen-bond donors (Lipinski definition) is 0. The second kappa shape index (κ2) is 8.52. The van der Waals surface area contributed by atoms with E-state index in [1.165, 1.54) is 0 Å². The molecule has 0 aromatic heterocycles. The minimum atomic E-state index is -2.78. The highest BCUT2D eigenvalue weighted by molar-refractivity contribution is 6.61. The number of benzene rings is 1. The number of rotatable bonds is 9. The lowest BCUT2D eigenvalue weighted by atomic mass is 10.3. The van der Waals surface area contributed by atoms with Crippen molar-refractivity contribution < 1.29 is 22.8 Å². The van der Waals surface area contributed by atoms with Crippen molar-refractivity contribution in [3.8, 4) is 5.75 Å². The van der Waals surface area contributed by atoms with E-state index in [0.717, 1.165) is 6.08 Å². The molecule has 0 N–H and O–H groups in total. The Bertz CT molecular complexity index is 417. The van der Waals surface area contributed by atoms with E-state index in [-0.39, 0.29) is 6.61 Å². The molecule has 0 spiro atoms. The SMILES string of the molecule is C=CC(=O)OCCC[Si](OC)(OC)Oc1ccccc1. The summed E-state index contributed by atoms with van der Waals surface area (Å²) < 4.78 is 21.7. The molecule has 0 saturated carbocycles. The maximum atomic E-state index is 10.9. The first-order valence-corrected chi connectivity index (χ1v) is 8.22. The Morgan fingerprint density at radius 3 is 2.45 bits per heavy atom. The van der Waals surface area contributed by atoms with E-state index in [2.05, 4.69) is 6.58 Å². The van der Waals surface area contributed by atoms with Crippen LogP contribution in [0, 0.1) is 0 Å². The smallest absolute Gasteiger partial charge is 0.501 e. The van der Waals surface area contributed by atoms with Crippen molar-refractivity contribution in [2.24, 2.45) is 0 Å². The minimum Gasteiger partial charge on any atom is -0.501 e. The fourth-order valence-corrected chi connectivity index (χ4v) is 3.53. The molecule has 0 saturated heterocycles. The number of ether oxygens (including phenoxy) is 1. The van der Waals surface area contributed by atoms with Crippen LogP contribution >= 0.6 is 0 Å². The second-order valence-electron chi connectivity index (χ2n) is 3.98. The number of carbonyl (C=O) groups is 1. The van der Waals surface area contributed by atoms with E-state index in [4.69, 9.17) is 18.0 Å². The van der Waals surface area contributed by atoms with Crippen molar-refractivity contribution >= 4 is 14.8 Å². The molecule has 0 radical (unpaired) electrons. The average Bonchev–Trinajstić information content (AvgIpc) is 2.51. The van der Waals surface area contributed by atoms with Crippen LogP contribution in [-0.2, 0) is 18.4 Å². The predicted molar refractivity (Wildman–Crippen MR) is 77.4 cm³/mol. The third-order valence-corrected chi connectivity index (χ3v) is 5.43. The maximum absolute atomic E-state index is 10.9. The first kappa shape index (κ1) is 16.4. The highest BCUT2D eigenvalue weighted by atomic mass is 28.4. The van der Waals surface area contributed by atoms with Crippen LogP contribution in [0.1, 0.15) is 6.42 Å². The molecule has 0 unspecified atom stereocenters. The normalized spacial score (nSPS) is 10.9. The molecule has 20 heavy (non-hydrogen) atoms. The molecule has 0 atom stereocenters. The van der Waals surface area contributed by atoms with Gasteiger partial charge in [-0.3, -0.25) is 0 Å². The second-order valence-corrected chi connectivity index (χ2v) is 6.87. The Morgan fingerprint density at radius 1 is 1.25 bits per heavy atom. The van der Waals surface area contributed by atoms with Gasteiger partial charge in [0.25, 0.3) is 0 Å². The summed E-state index contributed by atoms with van der Waals surface area (Å²) in [6.45, 7) is 3.62. The summed E-state index contributed by atoms with van der Waals surface area (Å²) in [6.07, 6.45) is 1.73. The van der Waals surface area contributed by atoms with Gasteiger partial charge in [0.1, 0.15) is 5.75 Å². The topological polar surface area (TPSA) is 54.0 Å². The summed E-state index contributed by atoms with van der Waals surface area (Å²) in [6, 6.07) is 9.91. The largest absolute Gasteiger partial charge is 0.565 e. The highest BCUT2D eigenvalue weighted by Gasteiger charge is 2.41. The van der Waals surface area contributed by atoms with E-state index < -0.39 is 14.8 Å². The van der Waals surface area contributed by atoms with Gasteiger partial charge < -0.3 is 18.0 Å². The Kier molecular flexibility index (Phi) is 7.00. The number of para-hydroxylation sites is 1. The molecule has 1 rings (SSSR count). The van der Waals surface area contributed by atoms with Crippen molar-refractivity contribution in [2.45, 2.75) is 12.5 Å². The zero-order valence-corrected chi connectivity index (χ0v) is 12.8. The fourth-order valence-electron chi connectivity index (χ4n) is 1.61. The molecule has 1 aromatic rings. The summed E-state index contributed by atoms with van der Waals surface area (Å²) in [5, 5.41) is 0. The van der Waals surface area contributed by atoms with Crippen molar-refractivity contribution in [1.82, 2.24) is 0 Å². The molecule has 5 nitrogen and oxygen atoms in total. The predicted octanol–water partition coefficient (Wildman–Crippen LogP) is 2.42. The van der Waals surface area contributed by atoms with Crippen LogP contribution in [0.4, 0.5) is 0 Å². The van der Waals surface area contributed by atoms with E-state index in [1.807, 2.05) is 30.3 Å². The van der Waals surface area contributed by atoms with E-state index in [1.54, 1.807) is 14.2 Å². The van der Waals surface area contributed by atoms with Crippen LogP contribution in [0.15, 0.2) is 43.0 Å². The van der Waals surface area contributed by atoms with Crippen LogP contribution in [0.25, 0.3) is 0 Å². The van der Waals surface area contributed by atoms with Crippen LogP contribution < -0.4 is 4.43 Å². The highest BCUT2D eigenvalue weighted by Crippen LogP contribution is 2.21. The Morgan fingerprint density at radius 2 is 1.90 bits per heavy atom. The number of esters is 1. The standard InChI is InChI=1S/C14H20O5Si/c1-4-14(15)18-11-8-12-20(16-2,17-3)19-13-9-6-5-7-10-13/h4-7,9-10H,1,8,11-12H2,2-3H3. The lowest BCUT2D eigenvalue weighted by molar-refractivity contribution is -0.137. The lowest BCUT2D eigenvalue weighted by Gasteiger charge is -2.26. The molecular weight excluding hydrogens is 276 g/mol. The van der Waals surface area contributed by atoms with Gasteiger partial charge in [-0.05, 0) is 18.6 Å². The van der Waals surface area contributed by atoms with Crippen LogP contribution in [0.2, 0.25) is 6.04 Å². The average molecular weight is 296 g/mol. The van der Waals surface area contributed by atoms with E-state index >= 15 is 0 Å². The van der Waals surface area contributed by atoms with Crippen LogP contribution in [0.5, 0.6) is 5.75 Å². The van der Waals surface area contributed by atoms with Gasteiger partial charge in [0.05, 0.1) is 6.61 Å². The summed E-state index contributed by atoms with van der Waals surface area (Å²) in [5.74, 6) is 0.266. The first-order valence-electron chi connectivity index (χ1n) is 6.29. The van der Waals surface area contributed by atoms with Crippen LogP contribution in [-0.4, -0.2) is 35.6 Å². The van der Waals surface area contributed by atoms with Crippen LogP contribution in [0.3, 0.4) is 0 Å². The molecule has 1 aromatic carbocycles. The zero-order valence-electron chi connectivity index (χ0n) is 11.8. The van der Waals surface area contributed by atoms with Gasteiger partial charge in [-0.1, -0.05) is 24.8 Å². The lowest BCUT2D eigenvalue weighted by Crippen LogP contribution is -2.47. The molecule has 0 aliphatic heterocycles. The van der Waals surface area contributed by atoms with Gasteiger partial charge >= 0.3 is 14.8 Å². The first-order chi connectivity index (χ1) is 9.65. The van der Waals surface area contributed by atoms with Gasteiger partial charge in [0, 0.05) is 26.3 Å². The number of hydrogen-bond acceptors (Lipinski definition) is 5. The molecule has 0 heterocycles. The summed E-state index contributed by atoms with van der Waals surface area (Å²) in [7, 11) is 0.344. The maximum Gasteiger partial charge on any atom is 0.565 e. The van der Waals surface area contributed by atoms with Gasteiger partial charge in [0.15, 0.2) is 0 Å². The molecule has 0 amide bonds. The van der Waals surface area contributed by atoms with Gasteiger partial charge in [-0.15, -0.1) is 0 Å². The Balaban J connectivity index is 2.53. The van der Waals surface area contributed by atoms with E-state index in [9.17, 15) is 4.79 Å². The Labute approximate surface area is 120 Å². The molecule has 0 bridgehead atoms. The monoisotopic (exact) mass is 296 g/mol. The minimum absolute atomic E-state index is 0.282. The third kappa shape index (κ3) is 5.16. The van der Waals surface area contributed by atoms with Crippen molar-refractivity contribution in [3.63, 3.8) is 0 Å². The fraction of sp³-hybridized carbons (Fsp3) is 0.357. The summed E-state index contributed by atoms with van der Waals surface area (Å²) >= 11 is 0. The number of carbonyl (C=O) groups excluding carboxylic acids is 1. The zero-order chi connectivity index (χ0) is 14.8. The molecule has 0 aliphatic rings. The summed E-state index contributed by atoms with van der Waals surface area (Å²) in [4.78, 5) is 10.9.